The Labute approximate surface area is 62.1 Å². The monoisotopic (exact) mass is 157 g/mol. The first-order valence-corrected chi connectivity index (χ1v) is 2.90. The van der Waals surface area contributed by atoms with Gasteiger partial charge in [0.2, 0.25) is 0 Å². The Morgan fingerprint density at radius 3 is 2.91 bits per heavy atom. The van der Waals surface area contributed by atoms with Gasteiger partial charge in [-0.3, -0.25) is 21.4 Å². The average Bonchev–Trinajstić information content (AvgIpc) is 2.37. The molecular formula is C5H7N3O3. The topological polar surface area (TPSA) is 94.3 Å². The molecule has 0 spiro atoms. The van der Waals surface area contributed by atoms with E-state index in [0.717, 1.165) is 0 Å². The second-order valence-corrected chi connectivity index (χ2v) is 1.88. The van der Waals surface area contributed by atoms with Gasteiger partial charge in [-0.15, -0.1) is 0 Å². The van der Waals surface area contributed by atoms with Gasteiger partial charge in [-0.1, -0.05) is 0 Å². The Balaban J connectivity index is 2.73. The highest BCUT2D eigenvalue weighted by Crippen LogP contribution is 2.14. The molecule has 6 heteroatoms. The van der Waals surface area contributed by atoms with Crippen molar-refractivity contribution in [1.82, 2.24) is 5.43 Å². The van der Waals surface area contributed by atoms with Crippen molar-refractivity contribution in [3.63, 3.8) is 0 Å². The van der Waals surface area contributed by atoms with Gasteiger partial charge in [0.15, 0.2) is 0 Å². The Hall–Kier alpha value is -1.40. The molecule has 0 saturated heterocycles. The lowest BCUT2D eigenvalue weighted by Crippen LogP contribution is -2.20. The summed E-state index contributed by atoms with van der Waals surface area (Å²) in [6.07, 6.45) is 0. The molecule has 0 atom stereocenters. The highest BCUT2D eigenvalue weighted by atomic mass is 16.6. The predicted octanol–water partition coefficient (Wildman–Crippen LogP) is 0.151. The number of furan rings is 1. The minimum Gasteiger partial charge on any atom is -0.404 e. The summed E-state index contributed by atoms with van der Waals surface area (Å²) in [6.45, 7) is 0.286. The molecule has 11 heavy (non-hydrogen) atoms. The Morgan fingerprint density at radius 1 is 1.73 bits per heavy atom. The summed E-state index contributed by atoms with van der Waals surface area (Å²) >= 11 is 0. The maximum absolute atomic E-state index is 10.1. The highest BCUT2D eigenvalue weighted by Gasteiger charge is 2.10. The molecule has 0 aliphatic heterocycles. The van der Waals surface area contributed by atoms with Crippen LogP contribution in [-0.2, 0) is 6.54 Å². The smallest absolute Gasteiger partial charge is 0.404 e. The number of hydrogen-bond donors (Lipinski definition) is 2. The van der Waals surface area contributed by atoms with E-state index in [1.807, 2.05) is 0 Å². The second-order valence-electron chi connectivity index (χ2n) is 1.88. The van der Waals surface area contributed by atoms with Crippen LogP contribution in [-0.4, -0.2) is 4.92 Å². The molecule has 60 valence electrons. The zero-order valence-electron chi connectivity index (χ0n) is 5.61. The fourth-order valence-electron chi connectivity index (χ4n) is 0.660. The van der Waals surface area contributed by atoms with Crippen LogP contribution >= 0.6 is 0 Å². The van der Waals surface area contributed by atoms with Gasteiger partial charge in [0.05, 0.1) is 12.6 Å². The summed E-state index contributed by atoms with van der Waals surface area (Å²) in [4.78, 5) is 9.48. The molecule has 0 fully saturated rings. The van der Waals surface area contributed by atoms with Gasteiger partial charge in [0, 0.05) is 0 Å². The van der Waals surface area contributed by atoms with E-state index in [2.05, 4.69) is 5.43 Å². The summed E-state index contributed by atoms with van der Waals surface area (Å²) in [5.41, 5.74) is 2.32. The van der Waals surface area contributed by atoms with Gasteiger partial charge >= 0.3 is 5.88 Å². The SMILES string of the molecule is NNCc1ccc([N+](=O)[O-])o1. The number of rotatable bonds is 3. The van der Waals surface area contributed by atoms with E-state index in [-0.39, 0.29) is 12.4 Å². The fourth-order valence-corrected chi connectivity index (χ4v) is 0.660. The summed E-state index contributed by atoms with van der Waals surface area (Å²) in [5.74, 6) is 5.14. The third kappa shape index (κ3) is 1.76. The summed E-state index contributed by atoms with van der Waals surface area (Å²) < 4.78 is 4.74. The molecule has 0 amide bonds. The summed E-state index contributed by atoms with van der Waals surface area (Å²) in [5, 5.41) is 10.1. The zero-order chi connectivity index (χ0) is 8.27. The van der Waals surface area contributed by atoms with Crippen LogP contribution in [0.5, 0.6) is 0 Å². The van der Waals surface area contributed by atoms with Gasteiger partial charge < -0.3 is 4.42 Å². The van der Waals surface area contributed by atoms with Crippen LogP contribution in [0.1, 0.15) is 5.76 Å². The van der Waals surface area contributed by atoms with Crippen molar-refractivity contribution in [3.8, 4) is 0 Å². The lowest BCUT2D eigenvalue weighted by molar-refractivity contribution is -0.402. The highest BCUT2D eigenvalue weighted by molar-refractivity contribution is 5.17. The van der Waals surface area contributed by atoms with Crippen LogP contribution in [0.25, 0.3) is 0 Å². The van der Waals surface area contributed by atoms with Gasteiger partial charge in [0.25, 0.3) is 0 Å². The normalized spacial score (nSPS) is 9.91. The van der Waals surface area contributed by atoms with Crippen molar-refractivity contribution < 1.29 is 9.34 Å². The van der Waals surface area contributed by atoms with Crippen LogP contribution in [0.2, 0.25) is 0 Å². The first-order valence-electron chi connectivity index (χ1n) is 2.90. The Bertz CT molecular complexity index is 257. The first kappa shape index (κ1) is 7.70. The van der Waals surface area contributed by atoms with E-state index in [4.69, 9.17) is 10.3 Å². The van der Waals surface area contributed by atoms with Gasteiger partial charge in [-0.05, 0) is 6.07 Å². The first-order chi connectivity index (χ1) is 5.24. The molecule has 0 unspecified atom stereocenters. The quantitative estimate of drug-likeness (QED) is 0.370. The Kier molecular flexibility index (Phi) is 2.19. The molecule has 1 aromatic rings. The van der Waals surface area contributed by atoms with Crippen LogP contribution in [0.15, 0.2) is 16.5 Å². The number of hydrazine groups is 1. The maximum atomic E-state index is 10.1. The predicted molar refractivity (Wildman–Crippen MR) is 36.4 cm³/mol. The summed E-state index contributed by atoms with van der Waals surface area (Å²) in [6, 6.07) is 2.78. The van der Waals surface area contributed by atoms with Gasteiger partial charge in [0.1, 0.15) is 10.7 Å². The van der Waals surface area contributed by atoms with Crippen molar-refractivity contribution in [2.24, 2.45) is 5.84 Å². The minimum atomic E-state index is -0.597. The molecule has 0 radical (unpaired) electrons. The maximum Gasteiger partial charge on any atom is 0.433 e. The standard InChI is InChI=1S/C5H7N3O3/c6-7-3-4-1-2-5(11-4)8(9)10/h1-2,7H,3,6H2. The molecule has 6 nitrogen and oxygen atoms in total. The van der Waals surface area contributed by atoms with E-state index < -0.39 is 4.92 Å². The fraction of sp³-hybridized carbons (Fsp3) is 0.200. The zero-order valence-corrected chi connectivity index (χ0v) is 5.61. The number of nitro groups is 1. The van der Waals surface area contributed by atoms with Crippen molar-refractivity contribution in [2.75, 3.05) is 0 Å². The molecule has 1 heterocycles. The number of nitrogens with two attached hydrogens (primary N) is 1. The van der Waals surface area contributed by atoms with Crippen LogP contribution in [0.4, 0.5) is 5.88 Å². The molecule has 0 saturated carbocycles. The van der Waals surface area contributed by atoms with Crippen LogP contribution in [0.3, 0.4) is 0 Å². The molecular weight excluding hydrogens is 150 g/mol. The Morgan fingerprint density at radius 2 is 2.45 bits per heavy atom. The number of hydrogen-bond acceptors (Lipinski definition) is 5. The molecule has 1 aromatic heterocycles. The molecule has 0 aromatic carbocycles. The van der Waals surface area contributed by atoms with Crippen molar-refractivity contribution in [1.29, 1.82) is 0 Å². The molecule has 0 bridgehead atoms. The third-order valence-electron chi connectivity index (χ3n) is 1.10. The molecule has 1 rings (SSSR count). The largest absolute Gasteiger partial charge is 0.433 e. The molecule has 3 N–H and O–H groups in total. The van der Waals surface area contributed by atoms with Crippen LogP contribution < -0.4 is 11.3 Å². The van der Waals surface area contributed by atoms with Crippen molar-refractivity contribution in [3.05, 3.63) is 28.0 Å². The summed E-state index contributed by atoms with van der Waals surface area (Å²) in [7, 11) is 0. The van der Waals surface area contributed by atoms with Gasteiger partial charge in [-0.2, -0.15) is 0 Å². The minimum absolute atomic E-state index is 0.268. The second kappa shape index (κ2) is 3.13. The third-order valence-corrected chi connectivity index (χ3v) is 1.10. The van der Waals surface area contributed by atoms with Gasteiger partial charge in [-0.25, -0.2) is 0 Å². The van der Waals surface area contributed by atoms with Crippen LogP contribution in [0, 0.1) is 10.1 Å². The van der Waals surface area contributed by atoms with Crippen molar-refractivity contribution >= 4 is 5.88 Å². The molecule has 0 aliphatic carbocycles. The van der Waals surface area contributed by atoms with E-state index >= 15 is 0 Å². The number of nitrogens with one attached hydrogen (secondary N) is 1. The van der Waals surface area contributed by atoms with E-state index in [0.29, 0.717) is 5.76 Å². The average molecular weight is 157 g/mol. The van der Waals surface area contributed by atoms with E-state index in [1.54, 1.807) is 0 Å². The van der Waals surface area contributed by atoms with E-state index in [1.165, 1.54) is 12.1 Å². The molecule has 0 aliphatic rings. The lowest BCUT2D eigenvalue weighted by Gasteiger charge is -1.89. The lowest BCUT2D eigenvalue weighted by atomic mass is 10.4. The van der Waals surface area contributed by atoms with E-state index in [9.17, 15) is 10.1 Å². The van der Waals surface area contributed by atoms with Crippen molar-refractivity contribution in [2.45, 2.75) is 6.54 Å². The number of nitrogens with zero attached hydrogens (tertiary/aromatic N) is 1.